The van der Waals surface area contributed by atoms with Crippen LogP contribution in [0.15, 0.2) is 109 Å². The van der Waals surface area contributed by atoms with Crippen molar-refractivity contribution in [2.45, 2.75) is 284 Å². The fourth-order valence-electron chi connectivity index (χ4n) is 8.12. The summed E-state index contributed by atoms with van der Waals surface area (Å²) in [6.45, 7) is 6.51. The molecule has 0 radical (unpaired) electrons. The number of hydrogen-bond acceptors (Lipinski definition) is 6. The van der Waals surface area contributed by atoms with Crippen LogP contribution in [-0.2, 0) is 28.6 Å². The van der Waals surface area contributed by atoms with Gasteiger partial charge in [-0.1, -0.05) is 239 Å². The highest BCUT2D eigenvalue weighted by Crippen LogP contribution is 2.14. The molecule has 0 rings (SSSR count). The van der Waals surface area contributed by atoms with Gasteiger partial charge in [0.2, 0.25) is 0 Å². The molecule has 416 valence electrons. The van der Waals surface area contributed by atoms with Crippen LogP contribution in [0.25, 0.3) is 0 Å². The molecular weight excluding hydrogens is 901 g/mol. The van der Waals surface area contributed by atoms with Crippen LogP contribution >= 0.6 is 0 Å². The molecule has 0 amide bonds. The summed E-state index contributed by atoms with van der Waals surface area (Å²) in [5, 5.41) is 0. The Bertz CT molecular complexity index is 1490. The van der Waals surface area contributed by atoms with E-state index < -0.39 is 6.10 Å². The minimum atomic E-state index is -0.817. The first kappa shape index (κ1) is 69.1. The summed E-state index contributed by atoms with van der Waals surface area (Å²) < 4.78 is 16.8. The van der Waals surface area contributed by atoms with Crippen LogP contribution in [-0.4, -0.2) is 37.2 Å². The second-order valence-electron chi connectivity index (χ2n) is 19.9. The van der Waals surface area contributed by atoms with Crippen LogP contribution in [0.3, 0.4) is 0 Å². The fraction of sp³-hybridized carbons (Fsp3) is 0.687. The summed E-state index contributed by atoms with van der Waals surface area (Å²) in [6.07, 6.45) is 82.3. The Morgan fingerprint density at radius 1 is 0.274 bits per heavy atom. The fourth-order valence-corrected chi connectivity index (χ4v) is 8.12. The summed E-state index contributed by atoms with van der Waals surface area (Å²) in [7, 11) is 0. The molecule has 1 atom stereocenters. The molecule has 0 aromatic carbocycles. The third-order valence-corrected chi connectivity index (χ3v) is 12.7. The zero-order valence-corrected chi connectivity index (χ0v) is 47.6. The summed E-state index contributed by atoms with van der Waals surface area (Å²) in [5.74, 6) is -0.997. The van der Waals surface area contributed by atoms with Gasteiger partial charge in [0.25, 0.3) is 0 Å². The number of rotatable bonds is 54. The maximum atomic E-state index is 12.9. The number of carbonyl (C=O) groups excluding carboxylic acids is 3. The van der Waals surface area contributed by atoms with Crippen LogP contribution < -0.4 is 0 Å². The van der Waals surface area contributed by atoms with E-state index in [0.29, 0.717) is 19.3 Å². The minimum Gasteiger partial charge on any atom is -0.462 e. The molecule has 0 aromatic rings. The number of esters is 3. The Kier molecular flexibility index (Phi) is 57.4. The topological polar surface area (TPSA) is 78.9 Å². The van der Waals surface area contributed by atoms with Crippen LogP contribution in [0.2, 0.25) is 0 Å². The van der Waals surface area contributed by atoms with Crippen molar-refractivity contribution < 1.29 is 28.6 Å². The van der Waals surface area contributed by atoms with Crippen LogP contribution in [0.1, 0.15) is 278 Å². The standard InChI is InChI=1S/C67H112O6/c1-4-7-10-13-16-19-22-25-28-31-33-36-39-42-45-48-51-54-57-60-66(69)72-63-64(62-71-65(68)59-56-53-50-47-44-41-38-35-30-27-24-21-18-15-12-9-6-3)73-67(70)61-58-55-52-49-46-43-40-37-34-32-29-26-23-20-17-14-11-8-5-2/h16,18-19,21,25-30,33,36,38,41-42,45,47,50,64H,4-15,17,20,22-24,31-32,34-35,37,39-40,43-44,46,48-49,51-63H2,1-3H3/b19-16-,21-18-,28-25-,29-26-,30-27-,36-33-,41-38-,45-42-,50-47-/t64-/m1/s1. The number of ether oxygens (including phenoxy) is 3. The average Bonchev–Trinajstić information content (AvgIpc) is 3.39. The van der Waals surface area contributed by atoms with E-state index in [1.165, 1.54) is 141 Å². The average molecular weight is 1010 g/mol. The normalized spacial score (nSPS) is 12.9. The molecule has 0 aliphatic heterocycles. The highest BCUT2D eigenvalue weighted by Gasteiger charge is 2.19. The molecular formula is C67H112O6. The quantitative estimate of drug-likeness (QED) is 0.0261. The van der Waals surface area contributed by atoms with Crippen molar-refractivity contribution in [1.82, 2.24) is 0 Å². The third-order valence-electron chi connectivity index (χ3n) is 12.7. The van der Waals surface area contributed by atoms with Crippen molar-refractivity contribution in [2.24, 2.45) is 0 Å². The molecule has 0 unspecified atom stereocenters. The van der Waals surface area contributed by atoms with Crippen molar-refractivity contribution in [3.05, 3.63) is 109 Å². The molecule has 0 aliphatic carbocycles. The third kappa shape index (κ3) is 58.8. The Labute approximate surface area is 450 Å². The van der Waals surface area contributed by atoms with Gasteiger partial charge in [-0.3, -0.25) is 14.4 Å². The van der Waals surface area contributed by atoms with E-state index in [1.807, 2.05) is 0 Å². The maximum absolute atomic E-state index is 12.9. The predicted octanol–water partition coefficient (Wildman–Crippen LogP) is 20.7. The molecule has 6 nitrogen and oxygen atoms in total. The van der Waals surface area contributed by atoms with Crippen molar-refractivity contribution in [3.63, 3.8) is 0 Å². The molecule has 0 heterocycles. The summed E-state index contributed by atoms with van der Waals surface area (Å²) in [6, 6.07) is 0. The monoisotopic (exact) mass is 1010 g/mol. The number of unbranched alkanes of at least 4 members (excludes halogenated alkanes) is 25. The molecule has 0 N–H and O–H groups in total. The Balaban J connectivity index is 4.53. The molecule has 0 saturated heterocycles. The van der Waals surface area contributed by atoms with Crippen molar-refractivity contribution in [2.75, 3.05) is 13.2 Å². The first-order chi connectivity index (χ1) is 36.0. The van der Waals surface area contributed by atoms with E-state index in [4.69, 9.17) is 14.2 Å². The van der Waals surface area contributed by atoms with E-state index >= 15 is 0 Å². The zero-order valence-electron chi connectivity index (χ0n) is 47.6. The van der Waals surface area contributed by atoms with E-state index in [0.717, 1.165) is 89.9 Å². The highest BCUT2D eigenvalue weighted by molar-refractivity contribution is 5.71. The molecule has 0 saturated carbocycles. The Morgan fingerprint density at radius 2 is 0.507 bits per heavy atom. The minimum absolute atomic E-state index is 0.113. The van der Waals surface area contributed by atoms with E-state index in [9.17, 15) is 14.4 Å². The van der Waals surface area contributed by atoms with Crippen LogP contribution in [0.4, 0.5) is 0 Å². The molecule has 0 aliphatic rings. The number of carbonyl (C=O) groups is 3. The Morgan fingerprint density at radius 3 is 0.877 bits per heavy atom. The lowest BCUT2D eigenvalue weighted by atomic mass is 10.1. The van der Waals surface area contributed by atoms with E-state index in [2.05, 4.69) is 130 Å². The Hall–Kier alpha value is -3.93. The van der Waals surface area contributed by atoms with E-state index in [1.54, 1.807) is 0 Å². The molecule has 73 heavy (non-hydrogen) atoms. The molecule has 6 heteroatoms. The summed E-state index contributed by atoms with van der Waals surface area (Å²) in [5.41, 5.74) is 0. The van der Waals surface area contributed by atoms with E-state index in [-0.39, 0.29) is 37.5 Å². The number of allylic oxidation sites excluding steroid dienone is 18. The van der Waals surface area contributed by atoms with Crippen LogP contribution in [0, 0.1) is 0 Å². The van der Waals surface area contributed by atoms with Crippen molar-refractivity contribution in [3.8, 4) is 0 Å². The smallest absolute Gasteiger partial charge is 0.306 e. The van der Waals surface area contributed by atoms with Crippen LogP contribution in [0.5, 0.6) is 0 Å². The SMILES string of the molecule is CCCCC/C=C\C/C=C\C/C=C\C/C=C\CCCCCC(=O)OC[C@@H](COC(=O)CCC/C=C\C/C=C\C/C=C\C/C=C\CCCCC)OC(=O)CCCCCCCCCCC/C=C\CCCCCCCC. The first-order valence-electron chi connectivity index (χ1n) is 30.4. The molecule has 0 spiro atoms. The molecule has 0 aromatic heterocycles. The maximum Gasteiger partial charge on any atom is 0.306 e. The van der Waals surface area contributed by atoms with Gasteiger partial charge >= 0.3 is 17.9 Å². The lowest BCUT2D eigenvalue weighted by Crippen LogP contribution is -2.30. The lowest BCUT2D eigenvalue weighted by molar-refractivity contribution is -0.167. The molecule has 0 fully saturated rings. The van der Waals surface area contributed by atoms with Gasteiger partial charge in [0.15, 0.2) is 6.10 Å². The molecule has 0 bridgehead atoms. The highest BCUT2D eigenvalue weighted by atomic mass is 16.6. The van der Waals surface area contributed by atoms with Gasteiger partial charge in [0, 0.05) is 19.3 Å². The second-order valence-corrected chi connectivity index (χ2v) is 19.9. The van der Waals surface area contributed by atoms with Crippen molar-refractivity contribution >= 4 is 17.9 Å². The predicted molar refractivity (Wildman–Crippen MR) is 316 cm³/mol. The zero-order chi connectivity index (χ0) is 52.9. The van der Waals surface area contributed by atoms with Gasteiger partial charge in [-0.05, 0) is 128 Å². The summed E-state index contributed by atoms with van der Waals surface area (Å²) in [4.78, 5) is 38.2. The lowest BCUT2D eigenvalue weighted by Gasteiger charge is -2.18. The van der Waals surface area contributed by atoms with Gasteiger partial charge in [-0.25, -0.2) is 0 Å². The van der Waals surface area contributed by atoms with Gasteiger partial charge in [0.1, 0.15) is 13.2 Å². The van der Waals surface area contributed by atoms with Gasteiger partial charge in [0.05, 0.1) is 0 Å². The first-order valence-corrected chi connectivity index (χ1v) is 30.4. The number of hydrogen-bond donors (Lipinski definition) is 0. The van der Waals surface area contributed by atoms with Gasteiger partial charge < -0.3 is 14.2 Å². The second kappa shape index (κ2) is 60.6. The van der Waals surface area contributed by atoms with Gasteiger partial charge in [-0.2, -0.15) is 0 Å². The summed E-state index contributed by atoms with van der Waals surface area (Å²) >= 11 is 0. The largest absolute Gasteiger partial charge is 0.462 e. The van der Waals surface area contributed by atoms with Crippen molar-refractivity contribution in [1.29, 1.82) is 0 Å². The van der Waals surface area contributed by atoms with Gasteiger partial charge in [-0.15, -0.1) is 0 Å².